The highest BCUT2D eigenvalue weighted by molar-refractivity contribution is 6.57. The van der Waals surface area contributed by atoms with E-state index in [-0.39, 0.29) is 48.2 Å². The van der Waals surface area contributed by atoms with Crippen LogP contribution in [0.1, 0.15) is 19.3 Å². The molecule has 2 aromatic rings. The summed E-state index contributed by atoms with van der Waals surface area (Å²) in [6, 6.07) is 0. The normalized spacial score (nSPS) is 25.1. The molecule has 2 bridgehead atoms. The molecule has 4 heterocycles. The number of nitrogens with zero attached hydrogens (tertiary/aromatic N) is 5. The monoisotopic (exact) mass is 484 g/mol. The lowest BCUT2D eigenvalue weighted by atomic mass is 9.81. The zero-order chi connectivity index (χ0) is 25.5. The van der Waals surface area contributed by atoms with Gasteiger partial charge in [-0.05, 0) is 19.7 Å². The molecule has 35 heavy (non-hydrogen) atoms. The molecule has 2 aromatic heterocycles. The molecule has 2 saturated heterocycles. The Bertz CT molecular complexity index is 1280. The number of carbonyl (C=O) groups excluding carboxylic acids is 2. The van der Waals surface area contributed by atoms with Crippen molar-refractivity contribution in [2.45, 2.75) is 50.1 Å². The van der Waals surface area contributed by atoms with Crippen molar-refractivity contribution >= 4 is 34.5 Å². The van der Waals surface area contributed by atoms with Gasteiger partial charge in [-0.2, -0.15) is 0 Å². The van der Waals surface area contributed by atoms with E-state index in [0.717, 1.165) is 15.4 Å². The van der Waals surface area contributed by atoms with Crippen molar-refractivity contribution in [1.29, 1.82) is 0 Å². The number of fused-ring (bicyclic) bond motifs is 2. The summed E-state index contributed by atoms with van der Waals surface area (Å²) in [5, 5.41) is 17.4. The maximum atomic E-state index is 13.3. The Labute approximate surface area is 200 Å². The van der Waals surface area contributed by atoms with Crippen molar-refractivity contribution in [3.8, 4) is 11.3 Å². The molecule has 2 aliphatic heterocycles. The van der Waals surface area contributed by atoms with Crippen molar-refractivity contribution in [2.75, 3.05) is 13.3 Å². The lowest BCUT2D eigenvalue weighted by Crippen LogP contribution is -2.50. The minimum absolute atomic E-state index is 0.00905. The Balaban J connectivity index is 1.85. The minimum Gasteiger partial charge on any atom is -0.471 e. The Morgan fingerprint density at radius 2 is 2.09 bits per heavy atom. The Hall–Kier alpha value is -3.04. The van der Waals surface area contributed by atoms with Crippen LogP contribution in [0.3, 0.4) is 0 Å². The van der Waals surface area contributed by atoms with Crippen LogP contribution in [0.15, 0.2) is 22.0 Å². The zero-order valence-electron chi connectivity index (χ0n) is 18.6. The van der Waals surface area contributed by atoms with Gasteiger partial charge in [0, 0.05) is 12.6 Å². The van der Waals surface area contributed by atoms with E-state index >= 15 is 0 Å². The van der Waals surface area contributed by atoms with Gasteiger partial charge in [0.15, 0.2) is 11.5 Å². The number of hydrogen-bond acceptors (Lipinski definition) is 10. The van der Waals surface area contributed by atoms with Crippen LogP contribution in [0.5, 0.6) is 0 Å². The van der Waals surface area contributed by atoms with Crippen LogP contribution >= 0.6 is 0 Å². The second-order valence-corrected chi connectivity index (χ2v) is 8.38. The van der Waals surface area contributed by atoms with E-state index in [1.54, 1.807) is 0 Å². The summed E-state index contributed by atoms with van der Waals surface area (Å²) in [6.07, 6.45) is 2.00. The van der Waals surface area contributed by atoms with Crippen LogP contribution in [-0.2, 0) is 26.4 Å². The van der Waals surface area contributed by atoms with E-state index in [1.165, 1.54) is 13.0 Å². The zero-order valence-corrected chi connectivity index (χ0v) is 18.6. The van der Waals surface area contributed by atoms with Crippen LogP contribution in [0.25, 0.3) is 11.3 Å². The van der Waals surface area contributed by atoms with Gasteiger partial charge < -0.3 is 19.2 Å². The Morgan fingerprint density at radius 1 is 1.34 bits per heavy atom. The molecule has 180 valence electrons. The fourth-order valence-corrected chi connectivity index (χ4v) is 4.63. The fourth-order valence-electron chi connectivity index (χ4n) is 4.63. The molecule has 0 aliphatic carbocycles. The minimum atomic E-state index is -1.45. The number of alkyl halides is 1. The number of rotatable bonds is 8. The number of aromatic nitrogens is 5. The van der Waals surface area contributed by atoms with Gasteiger partial charge in [0.2, 0.25) is 21.6 Å². The molecule has 0 saturated carbocycles. The van der Waals surface area contributed by atoms with Crippen LogP contribution < -0.4 is 11.2 Å². The average Bonchev–Trinajstić information content (AvgIpc) is 3.45. The SMILES string of the molecule is [B]C(=O)OCC12CCC(n3cc(-c4cn(CC[18F])nn4)c(=O)n(C([B])=O)c3=O)(CC1OB(C)O)O2. The second kappa shape index (κ2) is 9.20. The molecule has 3 unspecified atom stereocenters. The average molecular weight is 484 g/mol. The molecule has 2 fully saturated rings. The molecule has 17 heteroatoms. The highest BCUT2D eigenvalue weighted by Crippen LogP contribution is 2.54. The van der Waals surface area contributed by atoms with Crippen molar-refractivity contribution in [2.24, 2.45) is 0 Å². The highest BCUT2D eigenvalue weighted by atomic mass is 18.2. The first-order valence-corrected chi connectivity index (χ1v) is 10.6. The van der Waals surface area contributed by atoms with Gasteiger partial charge in [0.25, 0.3) is 5.56 Å². The predicted octanol–water partition coefficient (Wildman–Crippen LogP) is -1.22. The first kappa shape index (κ1) is 25.1. The molecule has 0 spiro atoms. The molecule has 3 atom stereocenters. The number of hydrogen-bond donors (Lipinski definition) is 1. The maximum absolute atomic E-state index is 13.3. The maximum Gasteiger partial charge on any atom is 0.451 e. The third-order valence-electron chi connectivity index (χ3n) is 6.12. The van der Waals surface area contributed by atoms with Gasteiger partial charge in [-0.15, -0.1) is 5.10 Å². The van der Waals surface area contributed by atoms with Crippen LogP contribution in [0.2, 0.25) is 6.82 Å². The summed E-state index contributed by atoms with van der Waals surface area (Å²) >= 11 is 0. The summed E-state index contributed by atoms with van der Waals surface area (Å²) in [6.45, 7) is 0.199. The van der Waals surface area contributed by atoms with Crippen molar-refractivity contribution < 1.29 is 33.1 Å². The third-order valence-corrected chi connectivity index (χ3v) is 6.12. The topological polar surface area (TPSA) is 157 Å². The quantitative estimate of drug-likeness (QED) is 0.451. The van der Waals surface area contributed by atoms with Crippen molar-refractivity contribution in [3.63, 3.8) is 0 Å². The fraction of sp³-hybridized carbons (Fsp3) is 0.556. The summed E-state index contributed by atoms with van der Waals surface area (Å²) < 4.78 is 31.8. The van der Waals surface area contributed by atoms with Gasteiger partial charge >= 0.3 is 12.8 Å². The summed E-state index contributed by atoms with van der Waals surface area (Å²) in [5.74, 6) is -2.39. The number of aryl methyl sites for hydroxylation is 1. The molecule has 13 nitrogen and oxygen atoms in total. The van der Waals surface area contributed by atoms with Gasteiger partial charge in [-0.3, -0.25) is 19.0 Å². The number of carbonyl (C=O) groups is 2. The van der Waals surface area contributed by atoms with Crippen LogP contribution in [0, 0.1) is 0 Å². The van der Waals surface area contributed by atoms with E-state index in [9.17, 15) is 28.6 Å². The van der Waals surface area contributed by atoms with Gasteiger partial charge in [0.1, 0.15) is 24.6 Å². The van der Waals surface area contributed by atoms with E-state index in [0.29, 0.717) is 0 Å². The second-order valence-electron chi connectivity index (χ2n) is 8.38. The summed E-state index contributed by atoms with van der Waals surface area (Å²) in [5.41, 5.74) is -5.07. The van der Waals surface area contributed by atoms with Gasteiger partial charge in [0.05, 0.1) is 24.4 Å². The van der Waals surface area contributed by atoms with E-state index in [1.807, 2.05) is 0 Å². The standard InChI is InChI=1S/C18H19B3FN5O8/c1-21(32)34-12-6-18(3-2-17(12,35-18)9-33-15(20)30)26-7-10(11-8-25(5-4-22)24-23-11)13(28)27(14(19)29)16(26)31/h7-8,12,32H,2-6,9H2,1H3/i22-1. The molecule has 0 aromatic carbocycles. The largest absolute Gasteiger partial charge is 0.471 e. The molecule has 4 radical (unpaired) electrons. The van der Waals surface area contributed by atoms with Gasteiger partial charge in [-0.25, -0.2) is 18.4 Å². The smallest absolute Gasteiger partial charge is 0.451 e. The first-order chi connectivity index (χ1) is 16.5. The number of ether oxygens (including phenoxy) is 2. The summed E-state index contributed by atoms with van der Waals surface area (Å²) in [7, 11) is 9.21. The molecule has 4 rings (SSSR count). The molecular weight excluding hydrogens is 465 g/mol. The Morgan fingerprint density at radius 3 is 2.71 bits per heavy atom. The number of halogens is 1. The van der Waals surface area contributed by atoms with E-state index in [4.69, 9.17) is 29.8 Å². The molecule has 1 N–H and O–H groups in total. The lowest BCUT2D eigenvalue weighted by Gasteiger charge is -2.33. The van der Waals surface area contributed by atoms with Crippen molar-refractivity contribution in [1.82, 2.24) is 24.1 Å². The van der Waals surface area contributed by atoms with Gasteiger partial charge in [-0.1, -0.05) is 5.21 Å². The first-order valence-electron chi connectivity index (χ1n) is 10.6. The molecular formula is C18H19B3FN5O8. The molecule has 0 amide bonds. The van der Waals surface area contributed by atoms with E-state index in [2.05, 4.69) is 10.3 Å². The highest BCUT2D eigenvalue weighted by Gasteiger charge is 2.64. The third kappa shape index (κ3) is 4.39. The predicted molar refractivity (Wildman–Crippen MR) is 118 cm³/mol. The van der Waals surface area contributed by atoms with Crippen LogP contribution in [0.4, 0.5) is 14.0 Å². The van der Waals surface area contributed by atoms with Crippen LogP contribution in [-0.4, -0.2) is 88.6 Å². The summed E-state index contributed by atoms with van der Waals surface area (Å²) in [4.78, 5) is 49.5. The molecule has 2 aliphatic rings. The van der Waals surface area contributed by atoms with E-state index < -0.39 is 54.1 Å². The lowest BCUT2D eigenvalue weighted by molar-refractivity contribution is -0.128. The van der Waals surface area contributed by atoms with Crippen molar-refractivity contribution in [3.05, 3.63) is 33.2 Å². The Kier molecular flexibility index (Phi) is 6.59.